The maximum atomic E-state index is 12.3. The topological polar surface area (TPSA) is 78.3 Å². The van der Waals surface area contributed by atoms with Gasteiger partial charge in [-0.25, -0.2) is 0 Å². The Morgan fingerprint density at radius 2 is 1.87 bits per heavy atom. The lowest BCUT2D eigenvalue weighted by Crippen LogP contribution is -2.14. The number of fused-ring (bicyclic) bond motifs is 1. The van der Waals surface area contributed by atoms with Gasteiger partial charge in [-0.05, 0) is 43.2 Å². The Balaban J connectivity index is 1.34. The van der Waals surface area contributed by atoms with Crippen LogP contribution in [0.15, 0.2) is 53.7 Å². The number of benzene rings is 2. The van der Waals surface area contributed by atoms with E-state index < -0.39 is 0 Å². The summed E-state index contributed by atoms with van der Waals surface area (Å²) in [6.07, 6.45) is 3.06. The van der Waals surface area contributed by atoms with Gasteiger partial charge in [-0.15, -0.1) is 10.2 Å². The fourth-order valence-electron chi connectivity index (χ4n) is 3.39. The highest BCUT2D eigenvalue weighted by Crippen LogP contribution is 2.42. The largest absolute Gasteiger partial charge is 0.490 e. The van der Waals surface area contributed by atoms with E-state index in [2.05, 4.69) is 20.1 Å². The zero-order valence-electron chi connectivity index (χ0n) is 16.4. The van der Waals surface area contributed by atoms with Crippen molar-refractivity contribution in [3.05, 3.63) is 48.5 Å². The molecule has 1 N–H and O–H groups in total. The third-order valence-electron chi connectivity index (χ3n) is 4.97. The Labute approximate surface area is 178 Å². The van der Waals surface area contributed by atoms with Crippen LogP contribution in [0.1, 0.15) is 25.3 Å². The molecular formula is C22H22N4O3S. The number of nitrogens with zero attached hydrogens (tertiary/aromatic N) is 3. The molecule has 1 saturated carbocycles. The molecule has 0 bridgehead atoms. The van der Waals surface area contributed by atoms with Gasteiger partial charge in [0, 0.05) is 23.7 Å². The number of hydrogen-bond donors (Lipinski definition) is 1. The minimum absolute atomic E-state index is 0.0614. The number of anilines is 1. The van der Waals surface area contributed by atoms with Gasteiger partial charge in [0.25, 0.3) is 0 Å². The summed E-state index contributed by atoms with van der Waals surface area (Å²) in [4.78, 5) is 12.3. The predicted octanol–water partition coefficient (Wildman–Crippen LogP) is 4.17. The van der Waals surface area contributed by atoms with Crippen LogP contribution in [0.5, 0.6) is 11.5 Å². The third kappa shape index (κ3) is 4.14. The van der Waals surface area contributed by atoms with Crippen LogP contribution in [0, 0.1) is 0 Å². The van der Waals surface area contributed by atoms with Crippen molar-refractivity contribution < 1.29 is 14.3 Å². The van der Waals surface area contributed by atoms with E-state index in [4.69, 9.17) is 9.47 Å². The summed E-state index contributed by atoms with van der Waals surface area (Å²) in [7, 11) is 0. The number of para-hydroxylation sites is 1. The monoisotopic (exact) mass is 422 g/mol. The lowest BCUT2D eigenvalue weighted by Gasteiger charge is -2.11. The van der Waals surface area contributed by atoms with Crippen LogP contribution < -0.4 is 14.8 Å². The average molecular weight is 423 g/mol. The van der Waals surface area contributed by atoms with Gasteiger partial charge in [0.2, 0.25) is 5.91 Å². The van der Waals surface area contributed by atoms with Gasteiger partial charge in [0.1, 0.15) is 0 Å². The van der Waals surface area contributed by atoms with E-state index in [1.165, 1.54) is 11.8 Å². The van der Waals surface area contributed by atoms with Crippen LogP contribution in [0.4, 0.5) is 5.69 Å². The molecule has 0 atom stereocenters. The lowest BCUT2D eigenvalue weighted by molar-refractivity contribution is -0.113. The first-order valence-corrected chi connectivity index (χ1v) is 11.1. The SMILES string of the molecule is O=C(CSc1nnc(-c2ccc3c(c2)OCCCO3)n1C1CC1)Nc1ccccc1. The van der Waals surface area contributed by atoms with Gasteiger partial charge in [0.15, 0.2) is 22.5 Å². The van der Waals surface area contributed by atoms with Crippen LogP contribution in [0.2, 0.25) is 0 Å². The molecular weight excluding hydrogens is 400 g/mol. The molecule has 0 spiro atoms. The quantitative estimate of drug-likeness (QED) is 0.601. The maximum Gasteiger partial charge on any atom is 0.234 e. The number of ether oxygens (including phenoxy) is 2. The van der Waals surface area contributed by atoms with Gasteiger partial charge >= 0.3 is 0 Å². The number of nitrogens with one attached hydrogen (secondary N) is 1. The van der Waals surface area contributed by atoms with Crippen molar-refractivity contribution in [2.24, 2.45) is 0 Å². The summed E-state index contributed by atoms with van der Waals surface area (Å²) in [5, 5.41) is 12.5. The number of carbonyl (C=O) groups is 1. The van der Waals surface area contributed by atoms with Crippen molar-refractivity contribution in [1.82, 2.24) is 14.8 Å². The van der Waals surface area contributed by atoms with Crippen molar-refractivity contribution >= 4 is 23.4 Å². The molecule has 5 rings (SSSR count). The second-order valence-corrected chi connectivity index (χ2v) is 8.26. The van der Waals surface area contributed by atoms with Crippen LogP contribution in [0.25, 0.3) is 11.4 Å². The van der Waals surface area contributed by atoms with Crippen molar-refractivity contribution in [3.63, 3.8) is 0 Å². The first-order valence-electron chi connectivity index (χ1n) is 10.1. The fourth-order valence-corrected chi connectivity index (χ4v) is 4.19. The highest BCUT2D eigenvalue weighted by molar-refractivity contribution is 7.99. The van der Waals surface area contributed by atoms with E-state index >= 15 is 0 Å². The van der Waals surface area contributed by atoms with Crippen LogP contribution in [-0.4, -0.2) is 39.6 Å². The van der Waals surface area contributed by atoms with Crippen LogP contribution in [0.3, 0.4) is 0 Å². The summed E-state index contributed by atoms with van der Waals surface area (Å²) < 4.78 is 13.7. The first-order chi connectivity index (χ1) is 14.8. The van der Waals surface area contributed by atoms with Crippen molar-refractivity contribution in [2.75, 3.05) is 24.3 Å². The van der Waals surface area contributed by atoms with Crippen LogP contribution >= 0.6 is 11.8 Å². The Kier molecular flexibility index (Phi) is 5.31. The summed E-state index contributed by atoms with van der Waals surface area (Å²) in [5.74, 6) is 2.53. The molecule has 2 aliphatic rings. The molecule has 2 heterocycles. The standard InChI is InChI=1S/C22H22N4O3S/c27-20(23-16-5-2-1-3-6-16)14-30-22-25-24-21(26(22)17-8-9-17)15-7-10-18-19(13-15)29-12-4-11-28-18/h1-3,5-7,10,13,17H,4,8-9,11-12,14H2,(H,23,27). The number of aromatic nitrogens is 3. The summed E-state index contributed by atoms with van der Waals surface area (Å²) in [5.41, 5.74) is 1.74. The van der Waals surface area contributed by atoms with E-state index in [1.807, 2.05) is 48.5 Å². The molecule has 154 valence electrons. The normalized spacial score (nSPS) is 15.5. The highest BCUT2D eigenvalue weighted by atomic mass is 32.2. The number of rotatable bonds is 6. The van der Waals surface area contributed by atoms with Gasteiger partial charge < -0.3 is 14.8 Å². The molecule has 1 aliphatic heterocycles. The van der Waals surface area contributed by atoms with E-state index in [0.29, 0.717) is 19.3 Å². The fraction of sp³-hybridized carbons (Fsp3) is 0.318. The van der Waals surface area contributed by atoms with E-state index in [1.54, 1.807) is 0 Å². The molecule has 7 nitrogen and oxygen atoms in total. The molecule has 8 heteroatoms. The number of thioether (sulfide) groups is 1. The van der Waals surface area contributed by atoms with Crippen LogP contribution in [-0.2, 0) is 4.79 Å². The zero-order chi connectivity index (χ0) is 20.3. The molecule has 0 saturated heterocycles. The van der Waals surface area contributed by atoms with Gasteiger partial charge in [0.05, 0.1) is 19.0 Å². The third-order valence-corrected chi connectivity index (χ3v) is 5.92. The van der Waals surface area contributed by atoms with Gasteiger partial charge in [-0.3, -0.25) is 9.36 Å². The summed E-state index contributed by atoms with van der Waals surface area (Å²) in [6.45, 7) is 1.31. The Bertz CT molecular complexity index is 1050. The first kappa shape index (κ1) is 19.0. The molecule has 2 aromatic carbocycles. The minimum Gasteiger partial charge on any atom is -0.490 e. The number of amides is 1. The Morgan fingerprint density at radius 1 is 1.07 bits per heavy atom. The predicted molar refractivity (Wildman–Crippen MR) is 115 cm³/mol. The average Bonchev–Trinajstić information content (AvgIpc) is 3.56. The molecule has 30 heavy (non-hydrogen) atoms. The molecule has 1 aromatic heterocycles. The number of hydrogen-bond acceptors (Lipinski definition) is 6. The summed E-state index contributed by atoms with van der Waals surface area (Å²) >= 11 is 1.41. The Morgan fingerprint density at radius 3 is 2.67 bits per heavy atom. The minimum atomic E-state index is -0.0614. The maximum absolute atomic E-state index is 12.3. The molecule has 0 radical (unpaired) electrons. The molecule has 1 aliphatic carbocycles. The van der Waals surface area contributed by atoms with Gasteiger partial charge in [-0.2, -0.15) is 0 Å². The van der Waals surface area contributed by atoms with Crippen molar-refractivity contribution in [2.45, 2.75) is 30.5 Å². The molecule has 1 amide bonds. The second-order valence-electron chi connectivity index (χ2n) is 7.32. The second kappa shape index (κ2) is 8.39. The smallest absolute Gasteiger partial charge is 0.234 e. The zero-order valence-corrected chi connectivity index (χ0v) is 17.2. The van der Waals surface area contributed by atoms with Crippen molar-refractivity contribution in [3.8, 4) is 22.9 Å². The lowest BCUT2D eigenvalue weighted by atomic mass is 10.2. The molecule has 3 aromatic rings. The Hall–Kier alpha value is -3.00. The van der Waals surface area contributed by atoms with Crippen molar-refractivity contribution in [1.29, 1.82) is 0 Å². The number of carbonyl (C=O) groups excluding carboxylic acids is 1. The van der Waals surface area contributed by atoms with E-state index in [9.17, 15) is 4.79 Å². The van der Waals surface area contributed by atoms with Gasteiger partial charge in [-0.1, -0.05) is 30.0 Å². The summed E-state index contributed by atoms with van der Waals surface area (Å²) in [6, 6.07) is 15.7. The van der Waals surface area contributed by atoms with E-state index in [-0.39, 0.29) is 11.7 Å². The molecule has 1 fully saturated rings. The highest BCUT2D eigenvalue weighted by Gasteiger charge is 2.30. The van der Waals surface area contributed by atoms with E-state index in [0.717, 1.165) is 53.0 Å². The molecule has 0 unspecified atom stereocenters.